The molecule has 6 nitrogen and oxygen atoms in total. The van der Waals surface area contributed by atoms with Crippen molar-refractivity contribution in [3.63, 3.8) is 0 Å². The summed E-state index contributed by atoms with van der Waals surface area (Å²) in [6, 6.07) is 14.4. The van der Waals surface area contributed by atoms with Crippen LogP contribution in [0.4, 0.5) is 5.82 Å². The number of aromatic nitrogens is 5. The van der Waals surface area contributed by atoms with Gasteiger partial charge in [-0.25, -0.2) is 19.9 Å². The summed E-state index contributed by atoms with van der Waals surface area (Å²) in [7, 11) is 0. The molecule has 0 saturated heterocycles. The zero-order chi connectivity index (χ0) is 19.6. The average Bonchev–Trinajstić information content (AvgIpc) is 3.43. The van der Waals surface area contributed by atoms with Crippen LogP contribution in [0.15, 0.2) is 72.8 Å². The number of pyridine rings is 1. The highest BCUT2D eigenvalue weighted by atomic mass is 32.1. The van der Waals surface area contributed by atoms with Crippen molar-refractivity contribution in [3.05, 3.63) is 84.2 Å². The van der Waals surface area contributed by atoms with Crippen LogP contribution in [-0.4, -0.2) is 24.5 Å². The molecule has 0 radical (unpaired) electrons. The molecule has 1 N–H and O–H groups in total. The van der Waals surface area contributed by atoms with Gasteiger partial charge < -0.3 is 5.32 Å². The highest BCUT2D eigenvalue weighted by Gasteiger charge is 2.14. The second-order valence-electron chi connectivity index (χ2n) is 6.66. The van der Waals surface area contributed by atoms with E-state index in [0.717, 1.165) is 38.8 Å². The lowest BCUT2D eigenvalue weighted by atomic mass is 10.1. The lowest BCUT2D eigenvalue weighted by Gasteiger charge is -2.11. The third-order valence-electron chi connectivity index (χ3n) is 4.67. The lowest BCUT2D eigenvalue weighted by Crippen LogP contribution is -2.05. The molecule has 4 aromatic heterocycles. The van der Waals surface area contributed by atoms with Crippen LogP contribution >= 0.6 is 11.3 Å². The van der Waals surface area contributed by atoms with Crippen molar-refractivity contribution in [1.82, 2.24) is 24.5 Å². The monoisotopic (exact) mass is 398 g/mol. The summed E-state index contributed by atoms with van der Waals surface area (Å²) in [4.78, 5) is 18.8. The fourth-order valence-corrected chi connectivity index (χ4v) is 4.29. The predicted octanol–water partition coefficient (Wildman–Crippen LogP) is 4.86. The lowest BCUT2D eigenvalue weighted by molar-refractivity contribution is 0.975. The number of imidazole rings is 1. The van der Waals surface area contributed by atoms with Crippen molar-refractivity contribution in [2.24, 2.45) is 0 Å². The Morgan fingerprint density at radius 3 is 2.79 bits per heavy atom. The molecule has 7 heteroatoms. The van der Waals surface area contributed by atoms with Crippen LogP contribution in [0.3, 0.4) is 0 Å². The van der Waals surface area contributed by atoms with Crippen LogP contribution < -0.4 is 5.32 Å². The Morgan fingerprint density at radius 1 is 1.07 bits per heavy atom. The van der Waals surface area contributed by atoms with Gasteiger partial charge in [-0.05, 0) is 30.2 Å². The van der Waals surface area contributed by atoms with Crippen molar-refractivity contribution in [3.8, 4) is 16.9 Å². The highest BCUT2D eigenvalue weighted by molar-refractivity contribution is 7.17. The summed E-state index contributed by atoms with van der Waals surface area (Å²) < 4.78 is 1.89. The smallest absolute Gasteiger partial charge is 0.139 e. The minimum absolute atomic E-state index is 0.639. The summed E-state index contributed by atoms with van der Waals surface area (Å²) in [6.07, 6.45) is 7.19. The standard InChI is InChI=1S/C22H18N6S/c1-15-26-21(20-18(13-29-22(20)27-15)17-5-3-2-4-6-17)25-12-16-7-8-24-19(11-16)28-10-9-23-14-28/h2-11,13-14H,12H2,1H3,(H,25,26,27). The van der Waals surface area contributed by atoms with E-state index in [1.54, 1.807) is 23.9 Å². The van der Waals surface area contributed by atoms with E-state index in [9.17, 15) is 0 Å². The number of hydrogen-bond acceptors (Lipinski definition) is 6. The number of anilines is 1. The van der Waals surface area contributed by atoms with E-state index in [1.165, 1.54) is 5.56 Å². The molecule has 4 heterocycles. The number of nitrogens with zero attached hydrogens (tertiary/aromatic N) is 5. The van der Waals surface area contributed by atoms with Gasteiger partial charge in [0.1, 0.15) is 28.6 Å². The first kappa shape index (κ1) is 17.5. The van der Waals surface area contributed by atoms with E-state index in [4.69, 9.17) is 4.98 Å². The molecule has 29 heavy (non-hydrogen) atoms. The normalized spacial score (nSPS) is 11.1. The van der Waals surface area contributed by atoms with E-state index in [0.29, 0.717) is 6.54 Å². The van der Waals surface area contributed by atoms with Gasteiger partial charge in [0.2, 0.25) is 0 Å². The largest absolute Gasteiger partial charge is 0.365 e. The first-order valence-electron chi connectivity index (χ1n) is 9.26. The van der Waals surface area contributed by atoms with E-state index >= 15 is 0 Å². The van der Waals surface area contributed by atoms with E-state index in [1.807, 2.05) is 42.1 Å². The predicted molar refractivity (Wildman–Crippen MR) is 116 cm³/mol. The maximum atomic E-state index is 4.70. The molecule has 0 saturated carbocycles. The Kier molecular flexibility index (Phi) is 4.50. The Balaban J connectivity index is 1.49. The molecular weight excluding hydrogens is 380 g/mol. The van der Waals surface area contributed by atoms with Crippen LogP contribution in [0, 0.1) is 6.92 Å². The second kappa shape index (κ2) is 7.44. The van der Waals surface area contributed by atoms with Gasteiger partial charge in [-0.1, -0.05) is 30.3 Å². The average molecular weight is 398 g/mol. The van der Waals surface area contributed by atoms with Crippen molar-refractivity contribution in [1.29, 1.82) is 0 Å². The van der Waals surface area contributed by atoms with Gasteiger partial charge in [0.25, 0.3) is 0 Å². The van der Waals surface area contributed by atoms with E-state index in [-0.39, 0.29) is 0 Å². The Labute approximate surface area is 172 Å². The summed E-state index contributed by atoms with van der Waals surface area (Å²) in [6.45, 7) is 2.57. The third-order valence-corrected chi connectivity index (χ3v) is 5.54. The van der Waals surface area contributed by atoms with E-state index in [2.05, 4.69) is 49.9 Å². The first-order valence-corrected chi connectivity index (χ1v) is 10.1. The summed E-state index contributed by atoms with van der Waals surface area (Å²) >= 11 is 1.65. The number of thiophene rings is 1. The molecular formula is C22H18N6S. The molecule has 142 valence electrons. The van der Waals surface area contributed by atoms with Gasteiger partial charge in [0, 0.05) is 36.1 Å². The van der Waals surface area contributed by atoms with Crippen LogP contribution in [0.2, 0.25) is 0 Å². The van der Waals surface area contributed by atoms with Crippen molar-refractivity contribution >= 4 is 27.4 Å². The number of benzene rings is 1. The first-order chi connectivity index (χ1) is 14.3. The van der Waals surface area contributed by atoms with Crippen molar-refractivity contribution in [2.45, 2.75) is 13.5 Å². The number of aryl methyl sites for hydroxylation is 1. The van der Waals surface area contributed by atoms with Crippen LogP contribution in [0.1, 0.15) is 11.4 Å². The maximum Gasteiger partial charge on any atom is 0.139 e. The number of hydrogen-bond donors (Lipinski definition) is 1. The molecule has 0 spiro atoms. The fourth-order valence-electron chi connectivity index (χ4n) is 3.30. The summed E-state index contributed by atoms with van der Waals surface area (Å²) in [5, 5.41) is 6.74. The zero-order valence-electron chi connectivity index (χ0n) is 15.8. The SMILES string of the molecule is Cc1nc(NCc2ccnc(-n3ccnc3)c2)c2c(-c3ccccc3)csc2n1. The van der Waals surface area contributed by atoms with E-state index < -0.39 is 0 Å². The molecule has 0 fully saturated rings. The van der Waals surface area contributed by atoms with Crippen LogP contribution in [-0.2, 0) is 6.54 Å². The molecule has 1 aromatic carbocycles. The Bertz CT molecular complexity index is 1260. The molecule has 5 rings (SSSR count). The van der Waals surface area contributed by atoms with Gasteiger partial charge in [-0.15, -0.1) is 11.3 Å². The fraction of sp³-hybridized carbons (Fsp3) is 0.0909. The zero-order valence-corrected chi connectivity index (χ0v) is 16.6. The molecule has 5 aromatic rings. The Hall–Kier alpha value is -3.58. The highest BCUT2D eigenvalue weighted by Crippen LogP contribution is 2.37. The molecule has 0 aliphatic rings. The molecule has 0 amide bonds. The number of rotatable bonds is 5. The molecule has 0 atom stereocenters. The molecule has 0 unspecified atom stereocenters. The third kappa shape index (κ3) is 3.48. The second-order valence-corrected chi connectivity index (χ2v) is 7.52. The topological polar surface area (TPSA) is 68.5 Å². The van der Waals surface area contributed by atoms with Crippen molar-refractivity contribution in [2.75, 3.05) is 5.32 Å². The number of fused-ring (bicyclic) bond motifs is 1. The van der Waals surface area contributed by atoms with Gasteiger partial charge in [-0.3, -0.25) is 4.57 Å². The van der Waals surface area contributed by atoms with Gasteiger partial charge in [-0.2, -0.15) is 0 Å². The van der Waals surface area contributed by atoms with Gasteiger partial charge in [0.15, 0.2) is 0 Å². The van der Waals surface area contributed by atoms with Crippen molar-refractivity contribution < 1.29 is 0 Å². The minimum Gasteiger partial charge on any atom is -0.365 e. The summed E-state index contributed by atoms with van der Waals surface area (Å²) in [5.41, 5.74) is 3.44. The van der Waals surface area contributed by atoms with Crippen LogP contribution in [0.25, 0.3) is 27.2 Å². The number of nitrogens with one attached hydrogen (secondary N) is 1. The minimum atomic E-state index is 0.639. The Morgan fingerprint density at radius 2 is 1.97 bits per heavy atom. The molecule has 0 aliphatic carbocycles. The quantitative estimate of drug-likeness (QED) is 0.458. The molecule has 0 aliphatic heterocycles. The van der Waals surface area contributed by atoms with Gasteiger partial charge in [0.05, 0.1) is 5.39 Å². The van der Waals surface area contributed by atoms with Gasteiger partial charge >= 0.3 is 0 Å². The molecule has 0 bridgehead atoms. The van der Waals surface area contributed by atoms with Crippen LogP contribution in [0.5, 0.6) is 0 Å². The summed E-state index contributed by atoms with van der Waals surface area (Å²) in [5.74, 6) is 2.45. The maximum absolute atomic E-state index is 4.70.